The van der Waals surface area contributed by atoms with Crippen LogP contribution in [-0.2, 0) is 56.7 Å². The Bertz CT molecular complexity index is 1940. The average molecular weight is 990 g/mol. The monoisotopic (exact) mass is 990 g/mol. The Labute approximate surface area is 411 Å². The van der Waals surface area contributed by atoms with Crippen molar-refractivity contribution in [2.45, 2.75) is 180 Å². The van der Waals surface area contributed by atoms with E-state index in [0.717, 1.165) is 12.0 Å². The zero-order valence-corrected chi connectivity index (χ0v) is 44.3. The summed E-state index contributed by atoms with van der Waals surface area (Å²) in [5, 5.41) is 23.5. The topological polar surface area (TPSA) is 202 Å². The zero-order valence-electron chi connectivity index (χ0n) is 43.4. The predicted octanol–water partition coefficient (Wildman–Crippen LogP) is 7.74. The molecule has 0 aromatic rings. The number of esters is 1. The summed E-state index contributed by atoms with van der Waals surface area (Å²) >= 11 is 0. The number of aliphatic hydroxyl groups is 2. The van der Waals surface area contributed by atoms with Gasteiger partial charge in [-0.05, 0) is 107 Å². The van der Waals surface area contributed by atoms with Crippen molar-refractivity contribution < 1.29 is 67.0 Å². The maximum Gasteiger partial charge on any atom is 0.329 e. The van der Waals surface area contributed by atoms with E-state index in [2.05, 4.69) is 0 Å². The van der Waals surface area contributed by atoms with Gasteiger partial charge in [-0.15, -0.1) is 0 Å². The second kappa shape index (κ2) is 26.5. The number of rotatable bonds is 8. The van der Waals surface area contributed by atoms with Crippen LogP contribution in [0.5, 0.6) is 0 Å². The molecule has 1 amide bonds. The lowest BCUT2D eigenvalue weighted by Crippen LogP contribution is -2.61. The van der Waals surface area contributed by atoms with Crippen LogP contribution in [0.25, 0.3) is 0 Å². The maximum atomic E-state index is 14.5. The second-order valence-electron chi connectivity index (χ2n) is 20.9. The molecule has 2 bridgehead atoms. The number of amides is 1. The molecule has 15 nitrogen and oxygen atoms in total. The number of hydrogen-bond acceptors (Lipinski definition) is 14. The van der Waals surface area contributed by atoms with Crippen LogP contribution in [0.1, 0.15) is 126 Å². The number of carbonyl (C=O) groups is 5. The van der Waals surface area contributed by atoms with Gasteiger partial charge in [-0.3, -0.25) is 23.7 Å². The lowest BCUT2D eigenvalue weighted by molar-refractivity contribution is -0.265. The van der Waals surface area contributed by atoms with E-state index < -0.39 is 85.1 Å². The highest BCUT2D eigenvalue weighted by molar-refractivity contribution is 7.57. The first-order valence-electron chi connectivity index (χ1n) is 25.2. The first-order chi connectivity index (χ1) is 32.4. The van der Waals surface area contributed by atoms with Gasteiger partial charge in [0, 0.05) is 71.8 Å². The van der Waals surface area contributed by atoms with E-state index in [4.69, 9.17) is 28.2 Å². The molecule has 4 aliphatic rings. The van der Waals surface area contributed by atoms with Gasteiger partial charge in [-0.25, -0.2) is 4.79 Å². The van der Waals surface area contributed by atoms with Gasteiger partial charge in [0.1, 0.15) is 30.1 Å². The van der Waals surface area contributed by atoms with Crippen LogP contribution in [0.2, 0.25) is 0 Å². The predicted molar refractivity (Wildman–Crippen MR) is 263 cm³/mol. The summed E-state index contributed by atoms with van der Waals surface area (Å²) in [4.78, 5) is 72.2. The van der Waals surface area contributed by atoms with Crippen molar-refractivity contribution in [1.29, 1.82) is 0 Å². The Balaban J connectivity index is 1.70. The third kappa shape index (κ3) is 16.2. The first-order valence-corrected chi connectivity index (χ1v) is 27.7. The molecule has 3 aliphatic heterocycles. The van der Waals surface area contributed by atoms with Crippen LogP contribution in [-0.4, -0.2) is 140 Å². The second-order valence-corrected chi connectivity index (χ2v) is 23.6. The van der Waals surface area contributed by atoms with Crippen molar-refractivity contribution in [1.82, 2.24) is 4.90 Å². The standard InChI is InChI=1S/C53H84NO14P/c1-32-18-14-13-15-19-33(2)44(63-8)30-40-23-21-38(7)53(61,67-40)50(58)51(59)54-25-17-16-20-41(54)52(60)66-45(35(4)28-39-22-24-43(46(29-39)64-9)68-69(11,12)62)31-42(55)34(3)27-37(6)48(57)49(65-10)47(56)36(5)26-32/h13-15,18-19,27,32,34-36,38-41,43-46,48-49,57,61H,16-17,20-26,28-31H2,1-12H3/b15-13+,18-14+,33-19+,37-27+/t32-,34-,35-,36?,38?,39?,40+,41?,43-,44+,45+,46?,48?,49+,53?/m1/s1. The number of ether oxygens (including phenoxy) is 5. The molecule has 3 heterocycles. The van der Waals surface area contributed by atoms with Crippen molar-refractivity contribution in [3.8, 4) is 0 Å². The van der Waals surface area contributed by atoms with Crippen molar-refractivity contribution in [3.05, 3.63) is 47.6 Å². The maximum absolute atomic E-state index is 14.5. The summed E-state index contributed by atoms with van der Waals surface area (Å²) in [6.45, 7) is 15.9. The molecule has 0 aromatic heterocycles. The summed E-state index contributed by atoms with van der Waals surface area (Å²) in [6.07, 6.45) is 11.4. The molecule has 0 spiro atoms. The number of ketones is 3. The highest BCUT2D eigenvalue weighted by atomic mass is 31.2. The molecule has 3 fully saturated rings. The van der Waals surface area contributed by atoms with Crippen LogP contribution in [0, 0.1) is 35.5 Å². The molecule has 390 valence electrons. The van der Waals surface area contributed by atoms with Crippen molar-refractivity contribution in [2.24, 2.45) is 35.5 Å². The fourth-order valence-electron chi connectivity index (χ4n) is 10.5. The summed E-state index contributed by atoms with van der Waals surface area (Å²) < 4.78 is 48.2. The number of cyclic esters (lactones) is 1. The number of nitrogens with zero attached hydrogens (tertiary/aromatic N) is 1. The van der Waals surface area contributed by atoms with Crippen molar-refractivity contribution in [3.63, 3.8) is 0 Å². The third-order valence-corrected chi connectivity index (χ3v) is 15.6. The Kier molecular flexibility index (Phi) is 22.5. The minimum atomic E-state index is -2.79. The summed E-state index contributed by atoms with van der Waals surface area (Å²) in [6, 6.07) is -1.16. The number of Topliss-reactive ketones (excluding diaryl/α,β-unsaturated/α-hetero) is 3. The molecular weight excluding hydrogens is 906 g/mol. The smallest absolute Gasteiger partial charge is 0.329 e. The molecule has 4 rings (SSSR count). The van der Waals surface area contributed by atoms with Crippen LogP contribution >= 0.6 is 7.37 Å². The van der Waals surface area contributed by atoms with Crippen molar-refractivity contribution >= 4 is 36.6 Å². The van der Waals surface area contributed by atoms with Crippen molar-refractivity contribution in [2.75, 3.05) is 41.2 Å². The molecule has 0 aromatic carbocycles. The Morgan fingerprint density at radius 2 is 1.57 bits per heavy atom. The molecular formula is C53H84NO14P. The summed E-state index contributed by atoms with van der Waals surface area (Å²) in [5.41, 5.74) is 1.25. The molecule has 1 saturated carbocycles. The van der Waals surface area contributed by atoms with Gasteiger partial charge in [0.2, 0.25) is 5.79 Å². The Morgan fingerprint density at radius 3 is 2.22 bits per heavy atom. The fourth-order valence-corrected chi connectivity index (χ4v) is 11.4. The highest BCUT2D eigenvalue weighted by Gasteiger charge is 2.53. The summed E-state index contributed by atoms with van der Waals surface area (Å²) in [7, 11) is 1.76. The Morgan fingerprint density at radius 1 is 0.855 bits per heavy atom. The molecule has 2 N–H and O–H groups in total. The van der Waals surface area contributed by atoms with Gasteiger partial charge < -0.3 is 43.3 Å². The highest BCUT2D eigenvalue weighted by Crippen LogP contribution is 2.45. The Hall–Kier alpha value is -3.14. The number of hydrogen-bond donors (Lipinski definition) is 2. The minimum Gasteiger partial charge on any atom is -0.460 e. The van der Waals surface area contributed by atoms with Gasteiger partial charge in [-0.1, -0.05) is 71.1 Å². The van der Waals surface area contributed by atoms with E-state index in [1.807, 2.05) is 58.1 Å². The van der Waals surface area contributed by atoms with Gasteiger partial charge in [0.25, 0.3) is 11.7 Å². The van der Waals surface area contributed by atoms with Crippen LogP contribution in [0.3, 0.4) is 0 Å². The van der Waals surface area contributed by atoms with Gasteiger partial charge in [0.15, 0.2) is 13.2 Å². The molecule has 15 atom stereocenters. The molecule has 2 saturated heterocycles. The number of piperidine rings is 1. The first kappa shape index (κ1) is 58.4. The molecule has 1 aliphatic carbocycles. The fraction of sp³-hybridized carbons (Fsp3) is 0.755. The average Bonchev–Trinajstić information content (AvgIpc) is 3.30. The largest absolute Gasteiger partial charge is 0.460 e. The lowest BCUT2D eigenvalue weighted by Gasteiger charge is -2.42. The van der Waals surface area contributed by atoms with E-state index in [1.165, 1.54) is 12.0 Å². The van der Waals surface area contributed by atoms with E-state index in [-0.39, 0.29) is 60.9 Å². The van der Waals surface area contributed by atoms with E-state index in [1.54, 1.807) is 54.4 Å². The quantitative estimate of drug-likeness (QED) is 0.104. The molecule has 0 radical (unpaired) electrons. The normalized spacial score (nSPS) is 39.0. The number of allylic oxidation sites excluding steroid dienone is 6. The van der Waals surface area contributed by atoms with Gasteiger partial charge in [0.05, 0.1) is 24.4 Å². The number of methoxy groups -OCH3 is 3. The number of carbonyl (C=O) groups excluding carboxylic acids is 5. The van der Waals surface area contributed by atoms with Crippen LogP contribution in [0.15, 0.2) is 47.6 Å². The zero-order chi connectivity index (χ0) is 51.4. The lowest BCUT2D eigenvalue weighted by atomic mass is 9.78. The van der Waals surface area contributed by atoms with E-state index >= 15 is 0 Å². The third-order valence-electron chi connectivity index (χ3n) is 14.8. The molecule has 69 heavy (non-hydrogen) atoms. The van der Waals surface area contributed by atoms with Crippen LogP contribution < -0.4 is 0 Å². The summed E-state index contributed by atoms with van der Waals surface area (Å²) in [5.74, 6) is -8.11. The SMILES string of the molecule is COC1CC(C[C@@H](C)[C@@H]2CC(=O)[C@H](C)/C=C(\C)C(O)[C@@H](OC)C(=O)C(C)C[C@H](C)/C=C/C=C/C=C(\C)[C@@H](OC)C[C@@H]3CCC(C)C(O)(O3)C(=O)C(=O)N3CCCCC3C(=O)O2)CC[C@H]1OP(C)(C)=O. The van der Waals surface area contributed by atoms with Gasteiger partial charge in [-0.2, -0.15) is 0 Å². The number of fused-ring (bicyclic) bond motifs is 3. The van der Waals surface area contributed by atoms with E-state index in [0.29, 0.717) is 63.4 Å². The minimum absolute atomic E-state index is 0.0117. The van der Waals surface area contributed by atoms with Crippen LogP contribution in [0.4, 0.5) is 0 Å². The molecule has 16 heteroatoms. The van der Waals surface area contributed by atoms with Gasteiger partial charge >= 0.3 is 5.97 Å². The molecule has 7 unspecified atom stereocenters. The number of aliphatic hydroxyl groups excluding tert-OH is 1. The van der Waals surface area contributed by atoms with E-state index in [9.17, 15) is 38.8 Å².